The van der Waals surface area contributed by atoms with E-state index in [1.807, 2.05) is 16.1 Å². The molecule has 2 aromatic rings. The average molecular weight is 218 g/mol. The van der Waals surface area contributed by atoms with Gasteiger partial charge in [-0.15, -0.1) is 0 Å². The Hall–Kier alpha value is -2.11. The molecule has 0 unspecified atom stereocenters. The molecule has 0 saturated carbocycles. The van der Waals surface area contributed by atoms with Crippen LogP contribution in [0.3, 0.4) is 0 Å². The zero-order valence-corrected chi connectivity index (χ0v) is 8.71. The van der Waals surface area contributed by atoms with Crippen molar-refractivity contribution in [3.8, 4) is 0 Å². The molecule has 0 saturated heterocycles. The smallest absolute Gasteiger partial charge is 0.356 e. The number of aryl methyl sites for hydroxylation is 1. The van der Waals surface area contributed by atoms with Crippen molar-refractivity contribution < 1.29 is 9.90 Å². The first-order chi connectivity index (χ1) is 7.66. The Morgan fingerprint density at radius 1 is 1.25 bits per heavy atom. The molecule has 6 nitrogen and oxygen atoms in total. The van der Waals surface area contributed by atoms with Gasteiger partial charge in [0.1, 0.15) is 0 Å². The molecule has 1 N–H and O–H groups in total. The number of fused-ring (bicyclic) bond motifs is 2. The van der Waals surface area contributed by atoms with Crippen LogP contribution in [-0.4, -0.2) is 30.2 Å². The molecule has 3 rings (SSSR count). The van der Waals surface area contributed by atoms with E-state index in [9.17, 15) is 4.79 Å². The predicted octanol–water partition coefficient (Wildman–Crippen LogP) is 0.496. The summed E-state index contributed by atoms with van der Waals surface area (Å²) in [5, 5.41) is 8.98. The molecule has 3 heterocycles. The van der Waals surface area contributed by atoms with E-state index in [1.54, 1.807) is 12.7 Å². The average Bonchev–Trinajstić information content (AvgIpc) is 2.80. The van der Waals surface area contributed by atoms with Crippen molar-refractivity contribution in [3.05, 3.63) is 35.4 Å². The number of hydrogen-bond donors (Lipinski definition) is 1. The zero-order valence-electron chi connectivity index (χ0n) is 8.71. The first-order valence-electron chi connectivity index (χ1n) is 4.94. The van der Waals surface area contributed by atoms with E-state index in [-0.39, 0.29) is 5.69 Å². The van der Waals surface area contributed by atoms with Gasteiger partial charge >= 0.3 is 5.97 Å². The van der Waals surface area contributed by atoms with Gasteiger partial charge in [0.2, 0.25) is 0 Å². The SMILES string of the molecule is Cc1ncn2c1Cn1cnc(C(=O)O)c1C2. The van der Waals surface area contributed by atoms with Crippen LogP contribution in [0.2, 0.25) is 0 Å². The summed E-state index contributed by atoms with van der Waals surface area (Å²) in [5.41, 5.74) is 2.97. The minimum Gasteiger partial charge on any atom is -0.476 e. The van der Waals surface area contributed by atoms with Gasteiger partial charge in [-0.05, 0) is 6.92 Å². The summed E-state index contributed by atoms with van der Waals surface area (Å²) in [6.45, 7) is 3.12. The second-order valence-electron chi connectivity index (χ2n) is 3.88. The summed E-state index contributed by atoms with van der Waals surface area (Å²) in [7, 11) is 0. The van der Waals surface area contributed by atoms with Crippen molar-refractivity contribution in [1.29, 1.82) is 0 Å². The summed E-state index contributed by atoms with van der Waals surface area (Å²) in [4.78, 5) is 19.1. The normalized spacial score (nSPS) is 13.3. The zero-order chi connectivity index (χ0) is 11.3. The molecule has 0 bridgehead atoms. The molecular weight excluding hydrogens is 208 g/mol. The molecule has 0 aromatic carbocycles. The molecule has 16 heavy (non-hydrogen) atoms. The van der Waals surface area contributed by atoms with E-state index in [4.69, 9.17) is 5.11 Å². The van der Waals surface area contributed by atoms with E-state index >= 15 is 0 Å². The van der Waals surface area contributed by atoms with Crippen LogP contribution in [0.5, 0.6) is 0 Å². The molecule has 0 fully saturated rings. The van der Waals surface area contributed by atoms with Gasteiger partial charge in [-0.25, -0.2) is 14.8 Å². The highest BCUT2D eigenvalue weighted by molar-refractivity contribution is 5.86. The minimum atomic E-state index is -0.978. The Labute approximate surface area is 91.2 Å². The maximum Gasteiger partial charge on any atom is 0.356 e. The van der Waals surface area contributed by atoms with Crippen molar-refractivity contribution in [2.75, 3.05) is 0 Å². The molecule has 82 valence electrons. The van der Waals surface area contributed by atoms with Crippen LogP contribution in [0.15, 0.2) is 12.7 Å². The van der Waals surface area contributed by atoms with Gasteiger partial charge in [-0.3, -0.25) is 0 Å². The molecular formula is C10H10N4O2. The Balaban J connectivity index is 2.11. The number of aromatic carboxylic acids is 1. The Morgan fingerprint density at radius 3 is 2.62 bits per heavy atom. The maximum atomic E-state index is 11.0. The van der Waals surface area contributed by atoms with Gasteiger partial charge < -0.3 is 14.2 Å². The number of nitrogens with zero attached hydrogens (tertiary/aromatic N) is 4. The molecule has 0 radical (unpaired) electrons. The minimum absolute atomic E-state index is 0.136. The fourth-order valence-electron chi connectivity index (χ4n) is 2.06. The van der Waals surface area contributed by atoms with Crippen LogP contribution in [0.25, 0.3) is 0 Å². The third kappa shape index (κ3) is 1.09. The molecule has 2 aromatic heterocycles. The van der Waals surface area contributed by atoms with Crippen molar-refractivity contribution >= 4 is 5.97 Å². The highest BCUT2D eigenvalue weighted by Crippen LogP contribution is 2.20. The summed E-state index contributed by atoms with van der Waals surface area (Å²) in [6, 6.07) is 0. The van der Waals surface area contributed by atoms with E-state index < -0.39 is 5.97 Å². The molecule has 0 amide bonds. The van der Waals surface area contributed by atoms with Crippen LogP contribution in [0, 0.1) is 6.92 Å². The summed E-state index contributed by atoms with van der Waals surface area (Å²) < 4.78 is 3.84. The number of aromatic nitrogens is 4. The number of hydrogen-bond acceptors (Lipinski definition) is 3. The molecule has 0 spiro atoms. The lowest BCUT2D eigenvalue weighted by Gasteiger charge is -2.18. The van der Waals surface area contributed by atoms with E-state index in [0.29, 0.717) is 13.1 Å². The van der Waals surface area contributed by atoms with Crippen LogP contribution >= 0.6 is 0 Å². The van der Waals surface area contributed by atoms with Crippen LogP contribution in [0.4, 0.5) is 0 Å². The van der Waals surface area contributed by atoms with Crippen molar-refractivity contribution in [1.82, 2.24) is 19.1 Å². The summed E-state index contributed by atoms with van der Waals surface area (Å²) in [6.07, 6.45) is 3.32. The van der Waals surface area contributed by atoms with E-state index in [1.165, 1.54) is 0 Å². The van der Waals surface area contributed by atoms with E-state index in [0.717, 1.165) is 17.1 Å². The second kappa shape index (κ2) is 2.94. The molecule has 0 aliphatic carbocycles. The van der Waals surface area contributed by atoms with Gasteiger partial charge in [0, 0.05) is 0 Å². The topological polar surface area (TPSA) is 72.9 Å². The first kappa shape index (κ1) is 9.14. The number of carbonyl (C=O) groups is 1. The largest absolute Gasteiger partial charge is 0.476 e. The standard InChI is InChI=1S/C10H10N4O2/c1-6-7-2-14-5-12-9(10(15)16)8(14)3-13(7)4-11-6/h4-5H,2-3H2,1H3,(H,15,16). The Morgan fingerprint density at radius 2 is 1.88 bits per heavy atom. The van der Waals surface area contributed by atoms with Crippen LogP contribution in [0.1, 0.15) is 27.6 Å². The first-order valence-corrected chi connectivity index (χ1v) is 4.94. The lowest BCUT2D eigenvalue weighted by Crippen LogP contribution is -2.20. The second-order valence-corrected chi connectivity index (χ2v) is 3.88. The van der Waals surface area contributed by atoms with Crippen molar-refractivity contribution in [2.24, 2.45) is 0 Å². The Bertz CT molecular complexity index is 582. The molecule has 6 heteroatoms. The molecule has 1 aliphatic rings. The van der Waals surface area contributed by atoms with Gasteiger partial charge in [-0.1, -0.05) is 0 Å². The van der Waals surface area contributed by atoms with Gasteiger partial charge in [-0.2, -0.15) is 0 Å². The summed E-state index contributed by atoms with van der Waals surface area (Å²) in [5.74, 6) is -0.978. The Kier molecular flexibility index (Phi) is 1.68. The number of carboxylic acids is 1. The fraction of sp³-hybridized carbons (Fsp3) is 0.300. The predicted molar refractivity (Wildman–Crippen MR) is 54.4 cm³/mol. The van der Waals surface area contributed by atoms with Gasteiger partial charge in [0.25, 0.3) is 0 Å². The highest BCUT2D eigenvalue weighted by Gasteiger charge is 2.23. The van der Waals surface area contributed by atoms with E-state index in [2.05, 4.69) is 9.97 Å². The van der Waals surface area contributed by atoms with Crippen LogP contribution < -0.4 is 0 Å². The molecule has 1 aliphatic heterocycles. The maximum absolute atomic E-state index is 11.0. The number of carboxylic acid groups (broad SMARTS) is 1. The van der Waals surface area contributed by atoms with Gasteiger partial charge in [0.05, 0.1) is 42.8 Å². The summed E-state index contributed by atoms with van der Waals surface area (Å²) >= 11 is 0. The monoisotopic (exact) mass is 218 g/mol. The number of imidazole rings is 2. The van der Waals surface area contributed by atoms with Crippen molar-refractivity contribution in [2.45, 2.75) is 20.0 Å². The fourth-order valence-corrected chi connectivity index (χ4v) is 2.06. The lowest BCUT2D eigenvalue weighted by atomic mass is 10.2. The molecule has 0 atom stereocenters. The third-order valence-electron chi connectivity index (χ3n) is 2.94. The van der Waals surface area contributed by atoms with Gasteiger partial charge in [0.15, 0.2) is 5.69 Å². The number of rotatable bonds is 1. The quantitative estimate of drug-likeness (QED) is 0.645. The lowest BCUT2D eigenvalue weighted by molar-refractivity contribution is 0.0689. The third-order valence-corrected chi connectivity index (χ3v) is 2.94. The highest BCUT2D eigenvalue weighted by atomic mass is 16.4. The van der Waals surface area contributed by atoms with Crippen LogP contribution in [-0.2, 0) is 13.1 Å². The van der Waals surface area contributed by atoms with Crippen molar-refractivity contribution in [3.63, 3.8) is 0 Å².